The van der Waals surface area contributed by atoms with Gasteiger partial charge in [0.1, 0.15) is 0 Å². The van der Waals surface area contributed by atoms with Gasteiger partial charge in [-0.15, -0.1) is 0 Å². The number of thioether (sulfide) groups is 1. The third kappa shape index (κ3) is 8.61. The Bertz CT molecular complexity index is 1230. The maximum atomic E-state index is 13.8. The highest BCUT2D eigenvalue weighted by Gasteiger charge is 2.46. The number of nitrogens with one attached hydrogen (secondary N) is 1. The molecule has 1 N–H and O–H groups in total. The van der Waals surface area contributed by atoms with Crippen molar-refractivity contribution in [3.8, 4) is 0 Å². The molecule has 0 spiro atoms. The number of halogens is 12. The molecule has 0 radical (unpaired) electrons. The minimum absolute atomic E-state index is 0.141. The lowest BCUT2D eigenvalue weighted by Gasteiger charge is -2.20. The summed E-state index contributed by atoms with van der Waals surface area (Å²) in [6.45, 7) is 0. The Morgan fingerprint density at radius 3 is 2.05 bits per heavy atom. The van der Waals surface area contributed by atoms with Crippen LogP contribution in [0, 0.1) is 0 Å². The van der Waals surface area contributed by atoms with Gasteiger partial charge in [0.15, 0.2) is 0 Å². The molecule has 1 aliphatic rings. The molecule has 0 heterocycles. The van der Waals surface area contributed by atoms with Gasteiger partial charge in [-0.25, -0.2) is 0 Å². The topological polar surface area (TPSA) is 29.1 Å². The monoisotopic (exact) mass is 643 g/mol. The predicted molar refractivity (Wildman–Crippen MR) is 134 cm³/mol. The van der Waals surface area contributed by atoms with Crippen LogP contribution in [0.3, 0.4) is 0 Å². The molecule has 2 aromatic rings. The van der Waals surface area contributed by atoms with E-state index in [0.29, 0.717) is 36.7 Å². The van der Waals surface area contributed by atoms with Crippen LogP contribution in [0.2, 0.25) is 15.1 Å². The van der Waals surface area contributed by atoms with Crippen molar-refractivity contribution in [1.29, 1.82) is 0 Å². The fraction of sp³-hybridized carbons (Fsp3) is 0.375. The van der Waals surface area contributed by atoms with E-state index < -0.39 is 58.3 Å². The van der Waals surface area contributed by atoms with Gasteiger partial charge in [-0.2, -0.15) is 51.3 Å². The van der Waals surface area contributed by atoms with E-state index in [4.69, 9.17) is 34.8 Å². The average molecular weight is 645 g/mol. The zero-order chi connectivity index (χ0) is 29.4. The Balaban J connectivity index is 1.87. The molecule has 1 fully saturated rings. The van der Waals surface area contributed by atoms with Crippen LogP contribution in [0.5, 0.6) is 0 Å². The molecule has 1 saturated carbocycles. The molecule has 2 aromatic carbocycles. The molecule has 1 amide bonds. The Morgan fingerprint density at radius 1 is 0.974 bits per heavy atom. The van der Waals surface area contributed by atoms with Crippen LogP contribution in [-0.4, -0.2) is 35.3 Å². The van der Waals surface area contributed by atoms with Crippen LogP contribution in [-0.2, 0) is 6.18 Å². The van der Waals surface area contributed by atoms with E-state index in [1.165, 1.54) is 0 Å². The number of alkyl halides is 9. The molecule has 0 aliphatic heterocycles. The van der Waals surface area contributed by atoms with Gasteiger partial charge in [0.2, 0.25) is 0 Å². The van der Waals surface area contributed by atoms with Crippen LogP contribution in [0.15, 0.2) is 36.4 Å². The molecule has 214 valence electrons. The van der Waals surface area contributed by atoms with E-state index >= 15 is 0 Å². The van der Waals surface area contributed by atoms with Crippen molar-refractivity contribution in [2.24, 2.45) is 0 Å². The Morgan fingerprint density at radius 2 is 1.56 bits per heavy atom. The quantitative estimate of drug-likeness (QED) is 0.229. The molecule has 0 bridgehead atoms. The zero-order valence-corrected chi connectivity index (χ0v) is 22.4. The predicted octanol–water partition coefficient (Wildman–Crippen LogP) is 9.58. The summed E-state index contributed by atoms with van der Waals surface area (Å²) in [5.74, 6) is -4.77. The van der Waals surface area contributed by atoms with Gasteiger partial charge < -0.3 is 5.32 Å². The van der Waals surface area contributed by atoms with Crippen LogP contribution in [0.4, 0.5) is 39.5 Å². The Hall–Kier alpha value is -1.76. The molecule has 1 atom stereocenters. The number of hydrogen-bond acceptors (Lipinski definition) is 2. The zero-order valence-electron chi connectivity index (χ0n) is 19.3. The molecular formula is C24H17Cl3F9NOS. The number of carbonyl (C=O) groups excluding carboxylic acids is 1. The number of benzene rings is 2. The van der Waals surface area contributed by atoms with Crippen molar-refractivity contribution in [3.63, 3.8) is 0 Å². The van der Waals surface area contributed by atoms with E-state index in [0.717, 1.165) is 30.3 Å². The van der Waals surface area contributed by atoms with Gasteiger partial charge in [0.05, 0.1) is 37.9 Å². The Labute approximate surface area is 235 Å². The largest absolute Gasteiger partial charge is 0.417 e. The van der Waals surface area contributed by atoms with Gasteiger partial charge in [-0.3, -0.25) is 4.79 Å². The van der Waals surface area contributed by atoms with Crippen molar-refractivity contribution in [1.82, 2.24) is 5.32 Å². The highest BCUT2D eigenvalue weighted by molar-refractivity contribution is 7.99. The molecule has 1 aliphatic carbocycles. The molecule has 39 heavy (non-hydrogen) atoms. The van der Waals surface area contributed by atoms with Crippen LogP contribution in [0.25, 0.3) is 6.08 Å². The van der Waals surface area contributed by atoms with Gasteiger partial charge in [0, 0.05) is 11.3 Å². The van der Waals surface area contributed by atoms with Crippen LogP contribution >= 0.6 is 46.6 Å². The number of rotatable bonds is 8. The fourth-order valence-electron chi connectivity index (χ4n) is 3.60. The molecule has 0 aromatic heterocycles. The lowest BCUT2D eigenvalue weighted by Crippen LogP contribution is -2.40. The summed E-state index contributed by atoms with van der Waals surface area (Å²) in [5.41, 5.74) is -3.97. The van der Waals surface area contributed by atoms with Gasteiger partial charge in [0.25, 0.3) is 5.91 Å². The molecule has 2 nitrogen and oxygen atoms in total. The maximum Gasteiger partial charge on any atom is 0.417 e. The van der Waals surface area contributed by atoms with Crippen LogP contribution in [0.1, 0.15) is 45.8 Å². The Kier molecular flexibility index (Phi) is 9.46. The normalized spacial score (nSPS) is 16.4. The van der Waals surface area contributed by atoms with Gasteiger partial charge >= 0.3 is 18.5 Å². The van der Waals surface area contributed by atoms with Crippen molar-refractivity contribution in [2.75, 3.05) is 11.5 Å². The lowest BCUT2D eigenvalue weighted by atomic mass is 9.96. The number of hydrogen-bond donors (Lipinski definition) is 1. The molecule has 0 saturated heterocycles. The first kappa shape index (κ1) is 31.8. The SMILES string of the molecule is O=C(NC1(CSCC(F)(F)F)CC1)c1ccc(/C=C/C(c2cc(Cl)c(Cl)c(Cl)c2)C(F)(F)F)cc1C(F)(F)F. The number of amides is 1. The van der Waals surface area contributed by atoms with E-state index in [-0.39, 0.29) is 26.4 Å². The summed E-state index contributed by atoms with van der Waals surface area (Å²) in [5, 5.41) is 1.72. The second-order valence-electron chi connectivity index (χ2n) is 8.82. The first-order chi connectivity index (χ1) is 17.8. The van der Waals surface area contributed by atoms with Crippen LogP contribution < -0.4 is 5.32 Å². The highest BCUT2D eigenvalue weighted by Crippen LogP contribution is 2.42. The second kappa shape index (κ2) is 11.6. The summed E-state index contributed by atoms with van der Waals surface area (Å²) < 4.78 is 120. The van der Waals surface area contributed by atoms with E-state index in [9.17, 15) is 44.3 Å². The molecule has 3 rings (SSSR count). The molecular weight excluding hydrogens is 628 g/mol. The molecule has 1 unspecified atom stereocenters. The number of carbonyl (C=O) groups is 1. The minimum Gasteiger partial charge on any atom is -0.346 e. The first-order valence-corrected chi connectivity index (χ1v) is 13.2. The molecule has 15 heteroatoms. The summed E-state index contributed by atoms with van der Waals surface area (Å²) in [6.07, 6.45) is -12.4. The maximum absolute atomic E-state index is 13.8. The van der Waals surface area contributed by atoms with E-state index in [1.807, 2.05) is 0 Å². The first-order valence-electron chi connectivity index (χ1n) is 10.9. The van der Waals surface area contributed by atoms with Crippen molar-refractivity contribution in [2.45, 2.75) is 42.8 Å². The van der Waals surface area contributed by atoms with Gasteiger partial charge in [-0.05, 0) is 48.2 Å². The summed E-state index contributed by atoms with van der Waals surface area (Å²) in [6, 6.07) is 4.21. The minimum atomic E-state index is -5.06. The fourth-order valence-corrected chi connectivity index (χ4v) is 5.29. The average Bonchev–Trinajstić information content (AvgIpc) is 3.54. The standard InChI is InChI=1S/C24H17Cl3F9NOS/c25-17-8-13(9-18(26)19(17)27)15(23(31,32)33)4-2-12-1-3-14(16(7-12)24(34,35)36)20(38)37-21(5-6-21)10-39-11-22(28,29)30/h1-4,7-9,15H,5-6,10-11H2,(H,37,38)/b4-2+. The summed E-state index contributed by atoms with van der Waals surface area (Å²) in [7, 11) is 0. The highest BCUT2D eigenvalue weighted by atomic mass is 35.5. The van der Waals surface area contributed by atoms with Crippen molar-refractivity contribution < 1.29 is 44.3 Å². The van der Waals surface area contributed by atoms with E-state index in [1.54, 1.807) is 0 Å². The van der Waals surface area contributed by atoms with Crippen molar-refractivity contribution in [3.05, 3.63) is 73.7 Å². The third-order valence-electron chi connectivity index (χ3n) is 5.67. The van der Waals surface area contributed by atoms with Crippen molar-refractivity contribution >= 4 is 58.5 Å². The summed E-state index contributed by atoms with van der Waals surface area (Å²) in [4.78, 5) is 12.7. The second-order valence-corrected chi connectivity index (χ2v) is 11.0. The number of allylic oxidation sites excluding steroid dienone is 1. The van der Waals surface area contributed by atoms with E-state index in [2.05, 4.69) is 5.32 Å². The summed E-state index contributed by atoms with van der Waals surface area (Å²) >= 11 is 17.9. The van der Waals surface area contributed by atoms with Gasteiger partial charge in [-0.1, -0.05) is 53.0 Å². The smallest absolute Gasteiger partial charge is 0.346 e. The third-order valence-corrected chi connectivity index (χ3v) is 8.15. The lowest BCUT2D eigenvalue weighted by molar-refractivity contribution is -0.139.